The van der Waals surface area contributed by atoms with Crippen molar-refractivity contribution in [2.24, 2.45) is 11.3 Å². The number of piperidine rings is 1. The predicted molar refractivity (Wildman–Crippen MR) is 119 cm³/mol. The summed E-state index contributed by atoms with van der Waals surface area (Å²) < 4.78 is 13.3. The highest BCUT2D eigenvalue weighted by Crippen LogP contribution is 2.80. The van der Waals surface area contributed by atoms with Gasteiger partial charge in [0.05, 0.1) is 11.0 Å². The van der Waals surface area contributed by atoms with Gasteiger partial charge in [0, 0.05) is 36.0 Å². The number of hydrogen-bond donors (Lipinski definition) is 2. The molecule has 2 N–H and O–H groups in total. The minimum atomic E-state index is -0.937. The van der Waals surface area contributed by atoms with Crippen molar-refractivity contribution in [1.29, 1.82) is 0 Å². The molecule has 6 aliphatic rings. The van der Waals surface area contributed by atoms with Crippen LogP contribution in [0.2, 0.25) is 0 Å². The van der Waals surface area contributed by atoms with Crippen LogP contribution < -0.4 is 4.74 Å². The van der Waals surface area contributed by atoms with Gasteiger partial charge in [0.15, 0.2) is 11.5 Å². The first-order valence-corrected chi connectivity index (χ1v) is 11.8. The second kappa shape index (κ2) is 5.49. The molecule has 0 amide bonds. The van der Waals surface area contributed by atoms with Gasteiger partial charge < -0.3 is 24.6 Å². The summed E-state index contributed by atoms with van der Waals surface area (Å²) in [5, 5.41) is 22.4. The molecule has 7 atom stereocenters. The summed E-state index contributed by atoms with van der Waals surface area (Å²) in [4.78, 5) is 2.55. The lowest BCUT2D eigenvalue weighted by Crippen LogP contribution is -2.85. The fourth-order valence-corrected chi connectivity index (χ4v) is 9.22. The number of phenolic OH excluding ortho intramolecular Hbond substituents is 1. The molecule has 0 unspecified atom stereocenters. The summed E-state index contributed by atoms with van der Waals surface area (Å²) in [6.45, 7) is 9.25. The Morgan fingerprint density at radius 1 is 1.29 bits per heavy atom. The monoisotopic (exact) mass is 425 g/mol. The number of methoxy groups -OCH3 is 1. The normalized spacial score (nSPS) is 46.7. The second-order valence-corrected chi connectivity index (χ2v) is 11.4. The van der Waals surface area contributed by atoms with Gasteiger partial charge in [0.2, 0.25) is 0 Å². The van der Waals surface area contributed by atoms with Crippen LogP contribution in [-0.4, -0.2) is 58.7 Å². The van der Waals surface area contributed by atoms with E-state index in [4.69, 9.17) is 9.47 Å². The number of rotatable bonds is 3. The van der Waals surface area contributed by atoms with Gasteiger partial charge in [-0.25, -0.2) is 0 Å². The Kier molecular flexibility index (Phi) is 3.56. The van der Waals surface area contributed by atoms with Crippen molar-refractivity contribution in [3.63, 3.8) is 0 Å². The van der Waals surface area contributed by atoms with Crippen LogP contribution in [0.1, 0.15) is 64.0 Å². The Balaban J connectivity index is 1.78. The average Bonchev–Trinajstić information content (AvgIpc) is 3.01. The van der Waals surface area contributed by atoms with E-state index in [-0.39, 0.29) is 22.5 Å². The van der Waals surface area contributed by atoms with Gasteiger partial charge in [-0.1, -0.05) is 25.1 Å². The van der Waals surface area contributed by atoms with Gasteiger partial charge in [0.1, 0.15) is 11.2 Å². The van der Waals surface area contributed by atoms with Crippen molar-refractivity contribution in [2.75, 3.05) is 20.7 Å². The SMILES string of the molecule is CC[C@@H]1c2ccc(O)c3c2[C@]24CCN(C)[C@H]1[C@]21C=C[C@@](OC)([C@H](C(C)(C)O)C1)[C@@]4(C)O3. The molecule has 7 rings (SSSR count). The van der Waals surface area contributed by atoms with Crippen molar-refractivity contribution >= 4 is 0 Å². The lowest BCUT2D eigenvalue weighted by atomic mass is 9.31. The zero-order valence-electron chi connectivity index (χ0n) is 19.5. The van der Waals surface area contributed by atoms with Crippen LogP contribution in [-0.2, 0) is 10.2 Å². The molecule has 2 spiro atoms. The molecule has 1 saturated heterocycles. The minimum Gasteiger partial charge on any atom is -0.504 e. The molecule has 1 aromatic rings. The first-order valence-electron chi connectivity index (χ1n) is 11.8. The molecule has 0 aromatic heterocycles. The van der Waals surface area contributed by atoms with Crippen molar-refractivity contribution < 1.29 is 19.7 Å². The van der Waals surface area contributed by atoms with Gasteiger partial charge >= 0.3 is 0 Å². The maximum absolute atomic E-state index is 11.4. The quantitative estimate of drug-likeness (QED) is 0.723. The molecule has 2 fully saturated rings. The van der Waals surface area contributed by atoms with Crippen LogP contribution in [0.15, 0.2) is 24.3 Å². The van der Waals surface area contributed by atoms with E-state index in [1.807, 2.05) is 19.9 Å². The van der Waals surface area contributed by atoms with Gasteiger partial charge in [0.25, 0.3) is 0 Å². The summed E-state index contributed by atoms with van der Waals surface area (Å²) in [5.74, 6) is 1.08. The zero-order valence-corrected chi connectivity index (χ0v) is 19.5. The molecule has 1 saturated carbocycles. The molecule has 31 heavy (non-hydrogen) atoms. The van der Waals surface area contributed by atoms with E-state index in [0.29, 0.717) is 17.7 Å². The van der Waals surface area contributed by atoms with Crippen molar-refractivity contribution in [2.45, 2.75) is 81.1 Å². The van der Waals surface area contributed by atoms with Crippen LogP contribution in [0.5, 0.6) is 11.5 Å². The van der Waals surface area contributed by atoms with Crippen LogP contribution >= 0.6 is 0 Å². The smallest absolute Gasteiger partial charge is 0.166 e. The molecule has 2 aliphatic heterocycles. The second-order valence-electron chi connectivity index (χ2n) is 11.4. The summed E-state index contributed by atoms with van der Waals surface area (Å²) in [7, 11) is 4.01. The highest BCUT2D eigenvalue weighted by atomic mass is 16.6. The number of phenols is 1. The lowest BCUT2D eigenvalue weighted by molar-refractivity contribution is -0.285. The van der Waals surface area contributed by atoms with Crippen molar-refractivity contribution in [1.82, 2.24) is 4.90 Å². The number of aromatic hydroxyl groups is 1. The van der Waals surface area contributed by atoms with E-state index < -0.39 is 16.8 Å². The number of hydrogen-bond acceptors (Lipinski definition) is 5. The number of benzene rings is 1. The third kappa shape index (κ3) is 1.75. The number of aliphatic hydroxyl groups is 1. The zero-order chi connectivity index (χ0) is 22.2. The third-order valence-electron chi connectivity index (χ3n) is 10.2. The topological polar surface area (TPSA) is 62.2 Å². The maximum atomic E-state index is 11.4. The van der Waals surface area contributed by atoms with E-state index >= 15 is 0 Å². The number of nitrogens with zero attached hydrogens (tertiary/aromatic N) is 1. The highest BCUT2D eigenvalue weighted by molar-refractivity contribution is 5.68. The largest absolute Gasteiger partial charge is 0.504 e. The molecule has 0 radical (unpaired) electrons. The average molecular weight is 426 g/mol. The lowest BCUT2D eigenvalue weighted by Gasteiger charge is -2.76. The van der Waals surface area contributed by atoms with Crippen LogP contribution in [0.3, 0.4) is 0 Å². The maximum Gasteiger partial charge on any atom is 0.166 e. The Bertz CT molecular complexity index is 1010. The van der Waals surface area contributed by atoms with E-state index in [1.165, 1.54) is 11.1 Å². The van der Waals surface area contributed by atoms with Crippen molar-refractivity contribution in [3.05, 3.63) is 35.4 Å². The van der Waals surface area contributed by atoms with Gasteiger partial charge in [-0.15, -0.1) is 0 Å². The summed E-state index contributed by atoms with van der Waals surface area (Å²) in [6.07, 6.45) is 7.46. The fourth-order valence-electron chi connectivity index (χ4n) is 9.22. The van der Waals surface area contributed by atoms with Gasteiger partial charge in [-0.05, 0) is 65.3 Å². The number of fused-ring (bicyclic) bond motifs is 1. The standard InChI is InChI=1S/C26H35NO4/c1-7-15-16-8-9-17(28)20-19(16)25-12-13-27(5)21(15)24(25)10-11-26(30-6,23(25,4)31-20)18(14-24)22(2,3)29/h8-11,15,18,21,28-29H,7,12-14H2,1-6H3/t15-,18+,21-,23+,24-,25+,26-/m1/s1. The molecule has 4 bridgehead atoms. The Labute approximate surface area is 185 Å². The number of ether oxygens (including phenoxy) is 2. The van der Waals surface area contributed by atoms with E-state index in [0.717, 1.165) is 25.8 Å². The van der Waals surface area contributed by atoms with Crippen LogP contribution in [0.25, 0.3) is 0 Å². The first-order chi connectivity index (χ1) is 14.5. The predicted octanol–water partition coefficient (Wildman–Crippen LogP) is 3.72. The summed E-state index contributed by atoms with van der Waals surface area (Å²) in [6, 6.07) is 4.26. The van der Waals surface area contributed by atoms with E-state index in [1.54, 1.807) is 7.11 Å². The summed E-state index contributed by atoms with van der Waals surface area (Å²) >= 11 is 0. The van der Waals surface area contributed by atoms with Crippen LogP contribution in [0, 0.1) is 11.3 Å². The number of likely N-dealkylation sites (N-methyl/N-ethyl adjacent to an activating group) is 1. The Hall–Kier alpha value is -1.56. The van der Waals surface area contributed by atoms with Gasteiger partial charge in [-0.2, -0.15) is 0 Å². The molecule has 5 heteroatoms. The minimum absolute atomic E-state index is 0.127. The molecular formula is C26H35NO4. The molecular weight excluding hydrogens is 390 g/mol. The number of likely N-dealkylation sites (tertiary alicyclic amines) is 1. The Morgan fingerprint density at radius 2 is 2.03 bits per heavy atom. The molecule has 1 aromatic carbocycles. The molecule has 4 aliphatic carbocycles. The third-order valence-corrected chi connectivity index (χ3v) is 10.2. The first kappa shape index (κ1) is 20.1. The van der Waals surface area contributed by atoms with Crippen molar-refractivity contribution in [3.8, 4) is 11.5 Å². The fraction of sp³-hybridized carbons (Fsp3) is 0.692. The molecule has 168 valence electrons. The molecule has 2 heterocycles. The highest BCUT2D eigenvalue weighted by Gasteiger charge is 2.85. The van der Waals surface area contributed by atoms with Crippen LogP contribution in [0.4, 0.5) is 0 Å². The summed E-state index contributed by atoms with van der Waals surface area (Å²) in [5.41, 5.74) is -0.381. The van der Waals surface area contributed by atoms with E-state index in [2.05, 4.69) is 44.0 Å². The van der Waals surface area contributed by atoms with Gasteiger partial charge in [-0.3, -0.25) is 0 Å². The molecule has 5 nitrogen and oxygen atoms in total. The van der Waals surface area contributed by atoms with E-state index in [9.17, 15) is 10.2 Å². The Morgan fingerprint density at radius 3 is 2.68 bits per heavy atom.